The molecule has 3 heteroatoms. The standard InChI is InChI=1S/C16H27N3/c1-16(2,3)19-10-6-7-13(12-19)15-9-8-14(11-17-15)18(4)5/h8-9,11,13H,6-7,10,12H2,1-5H3. The largest absolute Gasteiger partial charge is 0.376 e. The Morgan fingerprint density at radius 3 is 2.53 bits per heavy atom. The zero-order chi connectivity index (χ0) is 14.0. The Labute approximate surface area is 117 Å². The van der Waals surface area contributed by atoms with Crippen LogP contribution in [-0.2, 0) is 0 Å². The van der Waals surface area contributed by atoms with Crippen LogP contribution in [0.25, 0.3) is 0 Å². The van der Waals surface area contributed by atoms with Gasteiger partial charge in [-0.25, -0.2) is 0 Å². The van der Waals surface area contributed by atoms with E-state index in [0.717, 1.165) is 6.54 Å². The molecule has 2 heterocycles. The fourth-order valence-electron chi connectivity index (χ4n) is 2.73. The molecule has 0 N–H and O–H groups in total. The molecular weight excluding hydrogens is 234 g/mol. The lowest BCUT2D eigenvalue weighted by atomic mass is 9.91. The molecule has 1 atom stereocenters. The third kappa shape index (κ3) is 3.47. The molecule has 0 aliphatic carbocycles. The van der Waals surface area contributed by atoms with Crippen LogP contribution < -0.4 is 4.90 Å². The van der Waals surface area contributed by atoms with E-state index < -0.39 is 0 Å². The van der Waals surface area contributed by atoms with E-state index in [9.17, 15) is 0 Å². The number of piperidine rings is 1. The maximum absolute atomic E-state index is 4.67. The van der Waals surface area contributed by atoms with Crippen LogP contribution in [0.1, 0.15) is 45.2 Å². The summed E-state index contributed by atoms with van der Waals surface area (Å²) in [6, 6.07) is 4.38. The Balaban J connectivity index is 2.09. The first-order valence-electron chi connectivity index (χ1n) is 7.26. The summed E-state index contributed by atoms with van der Waals surface area (Å²) < 4.78 is 0. The van der Waals surface area contributed by atoms with Gasteiger partial charge in [-0.15, -0.1) is 0 Å². The van der Waals surface area contributed by atoms with E-state index in [0.29, 0.717) is 5.92 Å². The number of aromatic nitrogens is 1. The maximum Gasteiger partial charge on any atom is 0.0547 e. The number of hydrogen-bond acceptors (Lipinski definition) is 3. The van der Waals surface area contributed by atoms with E-state index in [4.69, 9.17) is 0 Å². The second-order valence-corrected chi connectivity index (χ2v) is 6.79. The molecule has 1 unspecified atom stereocenters. The first-order valence-corrected chi connectivity index (χ1v) is 7.26. The Kier molecular flexibility index (Phi) is 4.14. The van der Waals surface area contributed by atoms with Crippen molar-refractivity contribution in [3.05, 3.63) is 24.0 Å². The van der Waals surface area contributed by atoms with Crippen LogP contribution in [0.3, 0.4) is 0 Å². The fraction of sp³-hybridized carbons (Fsp3) is 0.688. The molecule has 19 heavy (non-hydrogen) atoms. The molecule has 0 amide bonds. The zero-order valence-corrected chi connectivity index (χ0v) is 13.0. The third-order valence-electron chi connectivity index (χ3n) is 4.08. The quantitative estimate of drug-likeness (QED) is 0.815. The van der Waals surface area contributed by atoms with Gasteiger partial charge in [-0.3, -0.25) is 9.88 Å². The van der Waals surface area contributed by atoms with Crippen molar-refractivity contribution in [2.45, 2.75) is 45.1 Å². The normalized spacial score (nSPS) is 21.4. The van der Waals surface area contributed by atoms with Crippen LogP contribution in [0.15, 0.2) is 18.3 Å². The molecule has 1 fully saturated rings. The minimum Gasteiger partial charge on any atom is -0.376 e. The third-order valence-corrected chi connectivity index (χ3v) is 4.08. The predicted molar refractivity (Wildman–Crippen MR) is 81.9 cm³/mol. The number of likely N-dealkylation sites (tertiary alicyclic amines) is 1. The summed E-state index contributed by atoms with van der Waals surface area (Å²) in [5.74, 6) is 0.587. The van der Waals surface area contributed by atoms with Gasteiger partial charge in [-0.1, -0.05) is 0 Å². The molecule has 1 saturated heterocycles. The van der Waals surface area contributed by atoms with Gasteiger partial charge in [0.1, 0.15) is 0 Å². The van der Waals surface area contributed by atoms with Crippen LogP contribution in [0, 0.1) is 0 Å². The zero-order valence-electron chi connectivity index (χ0n) is 13.0. The lowest BCUT2D eigenvalue weighted by Crippen LogP contribution is -2.46. The molecule has 0 bridgehead atoms. The lowest BCUT2D eigenvalue weighted by molar-refractivity contribution is 0.0978. The molecule has 0 saturated carbocycles. The van der Waals surface area contributed by atoms with Crippen LogP contribution in [-0.4, -0.2) is 42.6 Å². The van der Waals surface area contributed by atoms with E-state index in [1.807, 2.05) is 6.20 Å². The minimum atomic E-state index is 0.266. The van der Waals surface area contributed by atoms with Crippen LogP contribution >= 0.6 is 0 Å². The molecule has 0 spiro atoms. The highest BCUT2D eigenvalue weighted by Crippen LogP contribution is 2.30. The van der Waals surface area contributed by atoms with Gasteiger partial charge in [0.05, 0.1) is 11.9 Å². The summed E-state index contributed by atoms with van der Waals surface area (Å²) in [5.41, 5.74) is 2.69. The van der Waals surface area contributed by atoms with Gasteiger partial charge < -0.3 is 4.90 Å². The number of pyridine rings is 1. The predicted octanol–water partition coefficient (Wildman–Crippen LogP) is 3.13. The summed E-state index contributed by atoms with van der Waals surface area (Å²) in [6.07, 6.45) is 4.53. The highest BCUT2D eigenvalue weighted by atomic mass is 15.2. The Morgan fingerprint density at radius 1 is 1.26 bits per heavy atom. The highest BCUT2D eigenvalue weighted by Gasteiger charge is 2.29. The van der Waals surface area contributed by atoms with Crippen LogP contribution in [0.2, 0.25) is 0 Å². The smallest absolute Gasteiger partial charge is 0.0547 e. The second-order valence-electron chi connectivity index (χ2n) is 6.79. The monoisotopic (exact) mass is 261 g/mol. The Hall–Kier alpha value is -1.09. The van der Waals surface area contributed by atoms with Gasteiger partial charge in [0.2, 0.25) is 0 Å². The van der Waals surface area contributed by atoms with Crippen molar-refractivity contribution in [1.82, 2.24) is 9.88 Å². The maximum atomic E-state index is 4.67. The lowest BCUT2D eigenvalue weighted by Gasteiger charge is -2.41. The fourth-order valence-corrected chi connectivity index (χ4v) is 2.73. The van der Waals surface area contributed by atoms with Crippen molar-refractivity contribution in [3.63, 3.8) is 0 Å². The van der Waals surface area contributed by atoms with Crippen molar-refractivity contribution < 1.29 is 0 Å². The van der Waals surface area contributed by atoms with Crippen molar-refractivity contribution in [3.8, 4) is 0 Å². The summed E-state index contributed by atoms with van der Waals surface area (Å²) in [5, 5.41) is 0. The molecule has 1 aliphatic rings. The summed E-state index contributed by atoms with van der Waals surface area (Å²) in [7, 11) is 4.11. The van der Waals surface area contributed by atoms with Gasteiger partial charge in [0.15, 0.2) is 0 Å². The van der Waals surface area contributed by atoms with Gasteiger partial charge >= 0.3 is 0 Å². The van der Waals surface area contributed by atoms with Crippen molar-refractivity contribution >= 4 is 5.69 Å². The van der Waals surface area contributed by atoms with Crippen LogP contribution in [0.5, 0.6) is 0 Å². The minimum absolute atomic E-state index is 0.266. The first-order chi connectivity index (χ1) is 8.88. The molecule has 1 aliphatic heterocycles. The molecule has 2 rings (SSSR count). The molecule has 106 valence electrons. The van der Waals surface area contributed by atoms with E-state index in [1.165, 1.54) is 30.8 Å². The SMILES string of the molecule is CN(C)c1ccc(C2CCCN(C(C)(C)C)C2)nc1. The Bertz CT molecular complexity index is 403. The van der Waals surface area contributed by atoms with Crippen molar-refractivity contribution in [1.29, 1.82) is 0 Å². The van der Waals surface area contributed by atoms with Gasteiger partial charge in [-0.05, 0) is 52.3 Å². The number of rotatable bonds is 2. The van der Waals surface area contributed by atoms with Gasteiger partial charge in [0.25, 0.3) is 0 Å². The number of anilines is 1. The number of nitrogens with zero attached hydrogens (tertiary/aromatic N) is 3. The number of hydrogen-bond donors (Lipinski definition) is 0. The molecule has 1 aromatic heterocycles. The molecule has 1 aromatic rings. The molecule has 3 nitrogen and oxygen atoms in total. The average molecular weight is 261 g/mol. The van der Waals surface area contributed by atoms with E-state index in [1.54, 1.807) is 0 Å². The molecule has 0 aromatic carbocycles. The average Bonchev–Trinajstić information content (AvgIpc) is 2.38. The van der Waals surface area contributed by atoms with E-state index >= 15 is 0 Å². The Morgan fingerprint density at radius 2 is 2.00 bits per heavy atom. The van der Waals surface area contributed by atoms with E-state index in [2.05, 4.69) is 61.8 Å². The molecule has 0 radical (unpaired) electrons. The van der Waals surface area contributed by atoms with Crippen molar-refractivity contribution in [2.75, 3.05) is 32.1 Å². The highest BCUT2D eigenvalue weighted by molar-refractivity contribution is 5.43. The summed E-state index contributed by atoms with van der Waals surface area (Å²) >= 11 is 0. The van der Waals surface area contributed by atoms with E-state index in [-0.39, 0.29) is 5.54 Å². The van der Waals surface area contributed by atoms with Crippen LogP contribution in [0.4, 0.5) is 5.69 Å². The topological polar surface area (TPSA) is 19.4 Å². The van der Waals surface area contributed by atoms with Gasteiger partial charge in [0, 0.05) is 37.8 Å². The first kappa shape index (κ1) is 14.3. The second kappa shape index (κ2) is 5.49. The summed E-state index contributed by atoms with van der Waals surface area (Å²) in [4.78, 5) is 9.35. The van der Waals surface area contributed by atoms with Crippen molar-refractivity contribution in [2.24, 2.45) is 0 Å². The molecular formula is C16H27N3. The van der Waals surface area contributed by atoms with Gasteiger partial charge in [-0.2, -0.15) is 0 Å². The summed E-state index contributed by atoms with van der Waals surface area (Å²) in [6.45, 7) is 9.27.